The monoisotopic (exact) mass is 224 g/mol. The predicted octanol–water partition coefficient (Wildman–Crippen LogP) is 2.67. The summed E-state index contributed by atoms with van der Waals surface area (Å²) in [6, 6.07) is 0. The van der Waals surface area contributed by atoms with E-state index in [4.69, 9.17) is 5.73 Å². The summed E-state index contributed by atoms with van der Waals surface area (Å²) in [4.78, 5) is 0. The van der Waals surface area contributed by atoms with Crippen LogP contribution in [0, 0.1) is 11.8 Å². The lowest BCUT2D eigenvalue weighted by Gasteiger charge is -2.35. The number of nitrogens with one attached hydrogen (secondary N) is 1. The Morgan fingerprint density at radius 3 is 2.19 bits per heavy atom. The van der Waals surface area contributed by atoms with Gasteiger partial charge in [0.25, 0.3) is 0 Å². The third-order valence-corrected chi connectivity index (χ3v) is 4.72. The highest BCUT2D eigenvalue weighted by Gasteiger charge is 2.35. The van der Waals surface area contributed by atoms with Crippen molar-refractivity contribution in [1.82, 2.24) is 5.32 Å². The minimum atomic E-state index is 0.280. The molecule has 0 spiro atoms. The lowest BCUT2D eigenvalue weighted by atomic mass is 9.84. The van der Waals surface area contributed by atoms with Gasteiger partial charge in [-0.1, -0.05) is 39.0 Å². The maximum absolute atomic E-state index is 6.04. The van der Waals surface area contributed by atoms with Gasteiger partial charge in [0, 0.05) is 12.1 Å². The summed E-state index contributed by atoms with van der Waals surface area (Å²) in [6.07, 6.45) is 11.0. The number of nitrogens with two attached hydrogens (primary N) is 1. The summed E-state index contributed by atoms with van der Waals surface area (Å²) in [7, 11) is 0. The molecule has 0 saturated heterocycles. The molecule has 2 saturated carbocycles. The van der Waals surface area contributed by atoms with Crippen molar-refractivity contribution in [2.24, 2.45) is 17.6 Å². The maximum Gasteiger partial charge on any atom is 0.0304 e. The van der Waals surface area contributed by atoms with Crippen molar-refractivity contribution in [2.75, 3.05) is 13.1 Å². The van der Waals surface area contributed by atoms with E-state index < -0.39 is 0 Å². The third-order valence-electron chi connectivity index (χ3n) is 4.72. The summed E-state index contributed by atoms with van der Waals surface area (Å²) in [5, 5.41) is 3.82. The van der Waals surface area contributed by atoms with Gasteiger partial charge in [-0.3, -0.25) is 0 Å². The minimum Gasteiger partial charge on any atom is -0.329 e. The molecule has 0 amide bonds. The Bertz CT molecular complexity index is 207. The van der Waals surface area contributed by atoms with Crippen molar-refractivity contribution in [2.45, 2.75) is 63.8 Å². The second-order valence-corrected chi connectivity index (χ2v) is 6.11. The van der Waals surface area contributed by atoms with E-state index in [0.717, 1.165) is 18.4 Å². The highest BCUT2D eigenvalue weighted by atomic mass is 15.0. The standard InChI is InChI=1S/C14H28N2/c1-12-9-13(12)10-16-14(11-15)7-5-3-2-4-6-8-14/h12-13,16H,2-11,15H2,1H3. The van der Waals surface area contributed by atoms with E-state index in [1.54, 1.807) is 0 Å². The van der Waals surface area contributed by atoms with E-state index in [1.165, 1.54) is 57.9 Å². The highest BCUT2D eigenvalue weighted by Crippen LogP contribution is 2.37. The molecule has 2 aliphatic carbocycles. The lowest BCUT2D eigenvalue weighted by Crippen LogP contribution is -2.52. The van der Waals surface area contributed by atoms with Crippen LogP contribution in [0.5, 0.6) is 0 Å². The van der Waals surface area contributed by atoms with Crippen LogP contribution in [0.4, 0.5) is 0 Å². The fourth-order valence-electron chi connectivity index (χ4n) is 3.07. The summed E-state index contributed by atoms with van der Waals surface area (Å²) < 4.78 is 0. The first-order valence-electron chi connectivity index (χ1n) is 7.21. The first kappa shape index (κ1) is 12.4. The molecule has 16 heavy (non-hydrogen) atoms. The minimum absolute atomic E-state index is 0.280. The zero-order valence-electron chi connectivity index (χ0n) is 10.8. The molecule has 2 rings (SSSR count). The smallest absolute Gasteiger partial charge is 0.0304 e. The first-order chi connectivity index (χ1) is 7.76. The first-order valence-corrected chi connectivity index (χ1v) is 7.21. The average Bonchev–Trinajstić information content (AvgIpc) is 2.94. The van der Waals surface area contributed by atoms with Crippen molar-refractivity contribution in [3.8, 4) is 0 Å². The van der Waals surface area contributed by atoms with Crippen LogP contribution in [-0.2, 0) is 0 Å². The zero-order chi connectivity index (χ0) is 11.4. The Balaban J connectivity index is 1.82. The van der Waals surface area contributed by atoms with E-state index >= 15 is 0 Å². The zero-order valence-corrected chi connectivity index (χ0v) is 10.8. The Kier molecular flexibility index (Phi) is 4.26. The third kappa shape index (κ3) is 3.21. The fraction of sp³-hybridized carbons (Fsp3) is 1.00. The van der Waals surface area contributed by atoms with E-state index in [-0.39, 0.29) is 5.54 Å². The van der Waals surface area contributed by atoms with E-state index in [0.29, 0.717) is 0 Å². The molecule has 2 unspecified atom stereocenters. The number of hydrogen-bond acceptors (Lipinski definition) is 2. The van der Waals surface area contributed by atoms with Gasteiger partial charge in [0.15, 0.2) is 0 Å². The van der Waals surface area contributed by atoms with Gasteiger partial charge in [0.05, 0.1) is 0 Å². The molecule has 2 heteroatoms. The van der Waals surface area contributed by atoms with Crippen LogP contribution in [-0.4, -0.2) is 18.6 Å². The molecule has 0 aromatic carbocycles. The van der Waals surface area contributed by atoms with Crippen molar-refractivity contribution >= 4 is 0 Å². The Hall–Kier alpha value is -0.0800. The van der Waals surface area contributed by atoms with Crippen molar-refractivity contribution in [1.29, 1.82) is 0 Å². The summed E-state index contributed by atoms with van der Waals surface area (Å²) in [5.41, 5.74) is 6.32. The summed E-state index contributed by atoms with van der Waals surface area (Å²) in [6.45, 7) is 4.39. The molecular formula is C14H28N2. The molecule has 2 fully saturated rings. The van der Waals surface area contributed by atoms with Gasteiger partial charge in [-0.2, -0.15) is 0 Å². The van der Waals surface area contributed by atoms with Gasteiger partial charge in [-0.05, 0) is 37.6 Å². The molecule has 3 N–H and O–H groups in total. The molecular weight excluding hydrogens is 196 g/mol. The van der Waals surface area contributed by atoms with Crippen LogP contribution in [0.1, 0.15) is 58.3 Å². The molecule has 0 heterocycles. The van der Waals surface area contributed by atoms with Gasteiger partial charge in [-0.15, -0.1) is 0 Å². The lowest BCUT2D eigenvalue weighted by molar-refractivity contribution is 0.252. The summed E-state index contributed by atoms with van der Waals surface area (Å²) in [5.74, 6) is 1.89. The second-order valence-electron chi connectivity index (χ2n) is 6.11. The van der Waals surface area contributed by atoms with Gasteiger partial charge in [0.2, 0.25) is 0 Å². The normalized spacial score (nSPS) is 34.1. The topological polar surface area (TPSA) is 38.0 Å². The quantitative estimate of drug-likeness (QED) is 0.770. The van der Waals surface area contributed by atoms with Crippen molar-refractivity contribution < 1.29 is 0 Å². The molecule has 94 valence electrons. The molecule has 2 nitrogen and oxygen atoms in total. The van der Waals surface area contributed by atoms with Crippen LogP contribution >= 0.6 is 0 Å². The van der Waals surface area contributed by atoms with Crippen molar-refractivity contribution in [3.63, 3.8) is 0 Å². The van der Waals surface area contributed by atoms with Crippen LogP contribution in [0.2, 0.25) is 0 Å². The van der Waals surface area contributed by atoms with Crippen LogP contribution in [0.25, 0.3) is 0 Å². The molecule has 2 aliphatic rings. The van der Waals surface area contributed by atoms with Gasteiger partial charge >= 0.3 is 0 Å². The van der Waals surface area contributed by atoms with Gasteiger partial charge in [-0.25, -0.2) is 0 Å². The van der Waals surface area contributed by atoms with E-state index in [2.05, 4.69) is 12.2 Å². The Morgan fingerprint density at radius 1 is 1.12 bits per heavy atom. The largest absolute Gasteiger partial charge is 0.329 e. The molecule has 0 aromatic heterocycles. The van der Waals surface area contributed by atoms with E-state index in [1.807, 2.05) is 0 Å². The number of rotatable bonds is 4. The van der Waals surface area contributed by atoms with Gasteiger partial charge in [0.1, 0.15) is 0 Å². The summed E-state index contributed by atoms with van der Waals surface area (Å²) >= 11 is 0. The fourth-order valence-corrected chi connectivity index (χ4v) is 3.07. The van der Waals surface area contributed by atoms with Crippen LogP contribution in [0.3, 0.4) is 0 Å². The van der Waals surface area contributed by atoms with E-state index in [9.17, 15) is 0 Å². The molecule has 2 atom stereocenters. The highest BCUT2D eigenvalue weighted by molar-refractivity contribution is 4.93. The number of hydrogen-bond donors (Lipinski definition) is 2. The van der Waals surface area contributed by atoms with Gasteiger partial charge < -0.3 is 11.1 Å². The van der Waals surface area contributed by atoms with Crippen LogP contribution in [0.15, 0.2) is 0 Å². The Morgan fingerprint density at radius 2 is 1.69 bits per heavy atom. The molecule has 0 aromatic rings. The predicted molar refractivity (Wildman–Crippen MR) is 69.4 cm³/mol. The molecule has 0 aliphatic heterocycles. The molecule has 0 radical (unpaired) electrons. The molecule has 0 bridgehead atoms. The maximum atomic E-state index is 6.04. The van der Waals surface area contributed by atoms with Crippen molar-refractivity contribution in [3.05, 3.63) is 0 Å². The SMILES string of the molecule is CC1CC1CNC1(CN)CCCCCCC1. The average molecular weight is 224 g/mol. The second kappa shape index (κ2) is 5.50. The Labute approximate surface area is 100 Å². The van der Waals surface area contributed by atoms with Crippen LogP contribution < -0.4 is 11.1 Å².